The molecule has 3 rings (SSSR count). The van der Waals surface area contributed by atoms with Crippen molar-refractivity contribution in [3.8, 4) is 0 Å². The molecule has 27 heavy (non-hydrogen) atoms. The van der Waals surface area contributed by atoms with Crippen LogP contribution in [0.25, 0.3) is 0 Å². The Morgan fingerprint density at radius 1 is 1.22 bits per heavy atom. The average molecular weight is 379 g/mol. The Kier molecular flexibility index (Phi) is 5.31. The first kappa shape index (κ1) is 19.5. The zero-order valence-electron chi connectivity index (χ0n) is 15.5. The summed E-state index contributed by atoms with van der Waals surface area (Å²) in [6, 6.07) is 3.36. The van der Waals surface area contributed by atoms with Crippen molar-refractivity contribution < 1.29 is 18.0 Å². The Morgan fingerprint density at radius 2 is 1.89 bits per heavy atom. The van der Waals surface area contributed by atoms with Gasteiger partial charge in [-0.05, 0) is 74.6 Å². The van der Waals surface area contributed by atoms with Gasteiger partial charge in [0.1, 0.15) is 0 Å². The summed E-state index contributed by atoms with van der Waals surface area (Å²) in [5.74, 6) is -0.266. The quantitative estimate of drug-likeness (QED) is 0.844. The molecule has 1 amide bonds. The first-order valence-electron chi connectivity index (χ1n) is 9.16. The van der Waals surface area contributed by atoms with Crippen molar-refractivity contribution in [3.63, 3.8) is 0 Å². The summed E-state index contributed by atoms with van der Waals surface area (Å²) in [5.41, 5.74) is 7.49. The zero-order chi connectivity index (χ0) is 19.8. The molecule has 0 saturated heterocycles. The Labute approximate surface area is 156 Å². The first-order chi connectivity index (χ1) is 12.7. The van der Waals surface area contributed by atoms with E-state index in [1.54, 1.807) is 0 Å². The lowest BCUT2D eigenvalue weighted by atomic mass is 9.77. The van der Waals surface area contributed by atoms with Crippen LogP contribution in [0.5, 0.6) is 0 Å². The molecular weight excluding hydrogens is 355 g/mol. The summed E-state index contributed by atoms with van der Waals surface area (Å²) in [6.45, 7) is 4.93. The first-order valence-corrected chi connectivity index (χ1v) is 9.16. The van der Waals surface area contributed by atoms with Crippen LogP contribution in [0.2, 0.25) is 0 Å². The largest absolute Gasteiger partial charge is 0.416 e. The lowest BCUT2D eigenvalue weighted by molar-refractivity contribution is -0.137. The van der Waals surface area contributed by atoms with E-state index in [1.807, 2.05) is 17.8 Å². The number of primary amides is 1. The molecule has 0 unspecified atom stereocenters. The SMILES string of the molecule is Cc1cnn(C[C@H]2CC[C@H](c3ccc(C(F)(F)F)cc3C(N)=O)CC2)c1C. The summed E-state index contributed by atoms with van der Waals surface area (Å²) >= 11 is 0. The molecule has 1 aliphatic rings. The molecule has 0 bridgehead atoms. The van der Waals surface area contributed by atoms with Crippen molar-refractivity contribution in [1.82, 2.24) is 9.78 Å². The fourth-order valence-electron chi connectivity index (χ4n) is 3.93. The third-order valence-electron chi connectivity index (χ3n) is 5.71. The highest BCUT2D eigenvalue weighted by Crippen LogP contribution is 2.39. The number of alkyl halides is 3. The molecular formula is C20H24F3N3O. The maximum Gasteiger partial charge on any atom is 0.416 e. The van der Waals surface area contributed by atoms with E-state index < -0.39 is 17.6 Å². The van der Waals surface area contributed by atoms with Gasteiger partial charge in [-0.3, -0.25) is 9.48 Å². The molecule has 0 atom stereocenters. The predicted octanol–water partition coefficient (Wildman–Crippen LogP) is 4.59. The highest BCUT2D eigenvalue weighted by molar-refractivity contribution is 5.94. The number of carbonyl (C=O) groups is 1. The number of nitrogens with two attached hydrogens (primary N) is 1. The van der Waals surface area contributed by atoms with Crippen LogP contribution in [0.1, 0.15) is 64.3 Å². The van der Waals surface area contributed by atoms with E-state index in [0.29, 0.717) is 11.5 Å². The van der Waals surface area contributed by atoms with Gasteiger partial charge in [0.25, 0.3) is 0 Å². The smallest absolute Gasteiger partial charge is 0.366 e. The Morgan fingerprint density at radius 3 is 2.41 bits per heavy atom. The van der Waals surface area contributed by atoms with Crippen LogP contribution < -0.4 is 5.73 Å². The zero-order valence-corrected chi connectivity index (χ0v) is 15.5. The number of benzene rings is 1. The second-order valence-electron chi connectivity index (χ2n) is 7.48. The van der Waals surface area contributed by atoms with Crippen LogP contribution in [-0.4, -0.2) is 15.7 Å². The molecule has 4 nitrogen and oxygen atoms in total. The minimum atomic E-state index is -4.49. The van der Waals surface area contributed by atoms with E-state index in [0.717, 1.165) is 50.1 Å². The lowest BCUT2D eigenvalue weighted by Crippen LogP contribution is -2.22. The number of hydrogen-bond acceptors (Lipinski definition) is 2. The van der Waals surface area contributed by atoms with E-state index >= 15 is 0 Å². The Hall–Kier alpha value is -2.31. The van der Waals surface area contributed by atoms with Crippen molar-refractivity contribution in [2.24, 2.45) is 11.7 Å². The number of hydrogen-bond donors (Lipinski definition) is 1. The van der Waals surface area contributed by atoms with Crippen molar-refractivity contribution in [3.05, 3.63) is 52.3 Å². The molecule has 1 aromatic carbocycles. The topological polar surface area (TPSA) is 60.9 Å². The van der Waals surface area contributed by atoms with Crippen molar-refractivity contribution in [2.75, 3.05) is 0 Å². The van der Waals surface area contributed by atoms with Gasteiger partial charge in [0.15, 0.2) is 0 Å². The molecule has 1 saturated carbocycles. The highest BCUT2D eigenvalue weighted by atomic mass is 19.4. The van der Waals surface area contributed by atoms with Gasteiger partial charge in [-0.15, -0.1) is 0 Å². The number of halogens is 3. The average Bonchev–Trinajstić information content (AvgIpc) is 2.93. The van der Waals surface area contributed by atoms with E-state index in [2.05, 4.69) is 12.0 Å². The van der Waals surface area contributed by atoms with Gasteiger partial charge >= 0.3 is 6.18 Å². The third-order valence-corrected chi connectivity index (χ3v) is 5.71. The minimum Gasteiger partial charge on any atom is -0.366 e. The number of aromatic nitrogens is 2. The van der Waals surface area contributed by atoms with E-state index in [9.17, 15) is 18.0 Å². The second kappa shape index (κ2) is 7.37. The summed E-state index contributed by atoms with van der Waals surface area (Å²) in [4.78, 5) is 11.7. The minimum absolute atomic E-state index is 0.00757. The molecule has 1 aromatic heterocycles. The fourth-order valence-corrected chi connectivity index (χ4v) is 3.93. The molecule has 2 aromatic rings. The van der Waals surface area contributed by atoms with Crippen LogP contribution in [0.15, 0.2) is 24.4 Å². The van der Waals surface area contributed by atoms with E-state index in [-0.39, 0.29) is 11.5 Å². The molecule has 0 radical (unpaired) electrons. The van der Waals surface area contributed by atoms with Gasteiger partial charge in [-0.2, -0.15) is 18.3 Å². The summed E-state index contributed by atoms with van der Waals surface area (Å²) in [6.07, 6.45) is 0.929. The molecule has 7 heteroatoms. The maximum atomic E-state index is 12.9. The number of aryl methyl sites for hydroxylation is 1. The van der Waals surface area contributed by atoms with Crippen LogP contribution in [0.4, 0.5) is 13.2 Å². The monoisotopic (exact) mass is 379 g/mol. The summed E-state index contributed by atoms with van der Waals surface area (Å²) in [7, 11) is 0. The molecule has 2 N–H and O–H groups in total. The van der Waals surface area contributed by atoms with Crippen molar-refractivity contribution in [1.29, 1.82) is 0 Å². The second-order valence-corrected chi connectivity index (χ2v) is 7.48. The van der Waals surface area contributed by atoms with Crippen LogP contribution >= 0.6 is 0 Å². The van der Waals surface area contributed by atoms with Crippen molar-refractivity contribution in [2.45, 2.75) is 58.2 Å². The van der Waals surface area contributed by atoms with E-state index in [1.165, 1.54) is 11.6 Å². The molecule has 1 heterocycles. The van der Waals surface area contributed by atoms with Gasteiger partial charge in [0.05, 0.1) is 11.8 Å². The molecule has 1 aliphatic carbocycles. The van der Waals surface area contributed by atoms with E-state index in [4.69, 9.17) is 5.73 Å². The van der Waals surface area contributed by atoms with Gasteiger partial charge < -0.3 is 5.73 Å². The van der Waals surface area contributed by atoms with Gasteiger partial charge in [-0.1, -0.05) is 6.07 Å². The van der Waals surface area contributed by atoms with Gasteiger partial charge in [0.2, 0.25) is 5.91 Å². The van der Waals surface area contributed by atoms with Crippen LogP contribution in [0.3, 0.4) is 0 Å². The number of nitrogens with zero attached hydrogens (tertiary/aromatic N) is 2. The van der Waals surface area contributed by atoms with Gasteiger partial charge in [-0.25, -0.2) is 0 Å². The maximum absolute atomic E-state index is 12.9. The predicted molar refractivity (Wildman–Crippen MR) is 96.4 cm³/mol. The number of carbonyl (C=O) groups excluding carboxylic acids is 1. The third kappa shape index (κ3) is 4.17. The molecule has 146 valence electrons. The molecule has 1 fully saturated rings. The van der Waals surface area contributed by atoms with Gasteiger partial charge in [0, 0.05) is 17.8 Å². The molecule has 0 spiro atoms. The fraction of sp³-hybridized carbons (Fsp3) is 0.500. The van der Waals surface area contributed by atoms with Crippen LogP contribution in [-0.2, 0) is 12.7 Å². The Bertz CT molecular complexity index is 833. The Balaban J connectivity index is 1.72. The highest BCUT2D eigenvalue weighted by Gasteiger charge is 2.33. The normalized spacial score (nSPS) is 20.6. The van der Waals surface area contributed by atoms with Crippen molar-refractivity contribution >= 4 is 5.91 Å². The summed E-state index contributed by atoms with van der Waals surface area (Å²) in [5, 5.41) is 4.41. The van der Waals surface area contributed by atoms with Crippen LogP contribution in [0, 0.1) is 19.8 Å². The molecule has 0 aliphatic heterocycles. The lowest BCUT2D eigenvalue weighted by Gasteiger charge is -2.30. The number of rotatable bonds is 4. The number of amides is 1. The summed E-state index contributed by atoms with van der Waals surface area (Å²) < 4.78 is 40.8. The standard InChI is InChI=1S/C20H24F3N3O/c1-12-10-25-26(13(12)2)11-14-3-5-15(6-4-14)17-8-7-16(20(21,22)23)9-18(17)19(24)27/h7-10,14-15H,3-6,11H2,1-2H3,(H2,24,27)/t14-,15-.